The number of aliphatic hydroxyl groups excluding tert-OH is 1. The number of alkyl halides is 3. The molecule has 1 atom stereocenters. The fourth-order valence-corrected chi connectivity index (χ4v) is 4.31. The molecule has 1 saturated heterocycles. The van der Waals surface area contributed by atoms with E-state index in [0.717, 1.165) is 25.0 Å². The fourth-order valence-electron chi connectivity index (χ4n) is 3.47. The maximum atomic E-state index is 12.9. The molecule has 1 aliphatic rings. The second-order valence-electron chi connectivity index (χ2n) is 6.92. The summed E-state index contributed by atoms with van der Waals surface area (Å²) in [5.41, 5.74) is 0.836. The van der Waals surface area contributed by atoms with E-state index in [-0.39, 0.29) is 18.4 Å². The van der Waals surface area contributed by atoms with Gasteiger partial charge in [0.25, 0.3) is 5.91 Å². The molecule has 1 fully saturated rings. The number of benzene rings is 1. The van der Waals surface area contributed by atoms with Crippen LogP contribution in [0.2, 0.25) is 0 Å². The van der Waals surface area contributed by atoms with Gasteiger partial charge in [0, 0.05) is 36.8 Å². The first kappa shape index (κ1) is 18.9. The third-order valence-electron chi connectivity index (χ3n) is 5.00. The van der Waals surface area contributed by atoms with Gasteiger partial charge in [0.1, 0.15) is 5.69 Å². The largest absolute Gasteiger partial charge is 0.416 e. The molecule has 0 aliphatic carbocycles. The molecule has 3 heterocycles. The topological polar surface area (TPSA) is 57.8 Å². The number of carbonyl (C=O) groups excluding carboxylic acids is 1. The van der Waals surface area contributed by atoms with Gasteiger partial charge in [-0.3, -0.25) is 9.20 Å². The van der Waals surface area contributed by atoms with Gasteiger partial charge in [-0.25, -0.2) is 4.98 Å². The molecule has 5 nitrogen and oxygen atoms in total. The lowest BCUT2D eigenvalue weighted by molar-refractivity contribution is -0.137. The third-order valence-corrected chi connectivity index (χ3v) is 5.84. The first-order valence-electron chi connectivity index (χ1n) is 8.91. The summed E-state index contributed by atoms with van der Waals surface area (Å²) in [6, 6.07) is 4.82. The highest BCUT2D eigenvalue weighted by atomic mass is 32.1. The molecular weight excluding hydrogens is 391 g/mol. The van der Waals surface area contributed by atoms with Crippen molar-refractivity contribution in [2.45, 2.75) is 19.0 Å². The standard InChI is InChI=1S/C19H18F3N3O2S/c20-19(21,22)14-5-3-13(4-6-14)15-9-25-16(11-28-18(25)23-15)17(27)24-7-1-2-12(8-24)10-26/h3-6,9,11-12,26H,1-2,7-8,10H2/t12-/m0/s1. The van der Waals surface area contributed by atoms with Gasteiger partial charge < -0.3 is 10.0 Å². The summed E-state index contributed by atoms with van der Waals surface area (Å²) in [6.45, 7) is 1.23. The van der Waals surface area contributed by atoms with E-state index in [1.165, 1.54) is 23.5 Å². The van der Waals surface area contributed by atoms with Crippen LogP contribution < -0.4 is 0 Å². The first-order valence-corrected chi connectivity index (χ1v) is 9.79. The maximum absolute atomic E-state index is 12.9. The van der Waals surface area contributed by atoms with Crippen LogP contribution in [0, 0.1) is 5.92 Å². The van der Waals surface area contributed by atoms with E-state index in [1.54, 1.807) is 20.9 Å². The predicted molar refractivity (Wildman–Crippen MR) is 99.2 cm³/mol. The van der Waals surface area contributed by atoms with Crippen molar-refractivity contribution in [1.29, 1.82) is 0 Å². The van der Waals surface area contributed by atoms with Crippen molar-refractivity contribution >= 4 is 22.2 Å². The highest BCUT2D eigenvalue weighted by molar-refractivity contribution is 7.15. The average molecular weight is 409 g/mol. The van der Waals surface area contributed by atoms with Crippen LogP contribution in [0.4, 0.5) is 13.2 Å². The van der Waals surface area contributed by atoms with Gasteiger partial charge in [-0.15, -0.1) is 11.3 Å². The van der Waals surface area contributed by atoms with E-state index in [2.05, 4.69) is 4.98 Å². The van der Waals surface area contributed by atoms with Crippen molar-refractivity contribution in [2.24, 2.45) is 5.92 Å². The minimum Gasteiger partial charge on any atom is -0.396 e. The fraction of sp³-hybridized carbons (Fsp3) is 0.368. The number of carbonyl (C=O) groups is 1. The summed E-state index contributed by atoms with van der Waals surface area (Å²) in [7, 11) is 0. The van der Waals surface area contributed by atoms with Crippen LogP contribution in [0.1, 0.15) is 28.9 Å². The van der Waals surface area contributed by atoms with Gasteiger partial charge in [-0.2, -0.15) is 13.2 Å². The zero-order chi connectivity index (χ0) is 19.9. The Kier molecular flexibility index (Phi) is 4.88. The van der Waals surface area contributed by atoms with Crippen LogP contribution in [-0.4, -0.2) is 45.0 Å². The summed E-state index contributed by atoms with van der Waals surface area (Å²) in [5.74, 6) is -0.0295. The van der Waals surface area contributed by atoms with Gasteiger partial charge in [0.15, 0.2) is 4.96 Å². The Hall–Kier alpha value is -2.39. The zero-order valence-corrected chi connectivity index (χ0v) is 15.6. The van der Waals surface area contributed by atoms with Crippen LogP contribution in [0.25, 0.3) is 16.2 Å². The lowest BCUT2D eigenvalue weighted by Crippen LogP contribution is -2.41. The van der Waals surface area contributed by atoms with Gasteiger partial charge in [-0.1, -0.05) is 12.1 Å². The number of thiazole rings is 1. The first-order chi connectivity index (χ1) is 13.4. The Morgan fingerprint density at radius 2 is 2.04 bits per heavy atom. The molecular formula is C19H18F3N3O2S. The van der Waals surface area contributed by atoms with E-state index in [9.17, 15) is 23.1 Å². The van der Waals surface area contributed by atoms with E-state index < -0.39 is 11.7 Å². The van der Waals surface area contributed by atoms with Crippen LogP contribution in [0.5, 0.6) is 0 Å². The summed E-state index contributed by atoms with van der Waals surface area (Å²) >= 11 is 1.31. The number of halogens is 3. The number of hydrogen-bond donors (Lipinski definition) is 1. The number of amides is 1. The van der Waals surface area contributed by atoms with Crippen molar-refractivity contribution in [3.8, 4) is 11.3 Å². The minimum atomic E-state index is -4.38. The molecule has 28 heavy (non-hydrogen) atoms. The van der Waals surface area contributed by atoms with Gasteiger partial charge in [0.05, 0.1) is 11.3 Å². The Morgan fingerprint density at radius 1 is 1.29 bits per heavy atom. The molecule has 3 aromatic rings. The molecule has 9 heteroatoms. The van der Waals surface area contributed by atoms with Crippen molar-refractivity contribution in [3.05, 3.63) is 47.1 Å². The predicted octanol–water partition coefficient (Wildman–Crippen LogP) is 3.93. The summed E-state index contributed by atoms with van der Waals surface area (Å²) in [6.07, 6.45) is -0.948. The number of likely N-dealkylation sites (tertiary alicyclic amines) is 1. The normalized spacial score (nSPS) is 18.0. The molecule has 0 radical (unpaired) electrons. The van der Waals surface area contributed by atoms with E-state index >= 15 is 0 Å². The second-order valence-corrected chi connectivity index (χ2v) is 7.75. The minimum absolute atomic E-state index is 0.0615. The molecule has 2 aromatic heterocycles. The van der Waals surface area contributed by atoms with Crippen molar-refractivity contribution in [2.75, 3.05) is 19.7 Å². The monoisotopic (exact) mass is 409 g/mol. The third kappa shape index (κ3) is 3.51. The quantitative estimate of drug-likeness (QED) is 0.713. The Balaban J connectivity index is 1.61. The second kappa shape index (κ2) is 7.21. The van der Waals surface area contributed by atoms with Gasteiger partial charge >= 0.3 is 6.18 Å². The van der Waals surface area contributed by atoms with Crippen LogP contribution in [0.3, 0.4) is 0 Å². The molecule has 4 rings (SSSR count). The number of nitrogens with zero attached hydrogens (tertiary/aromatic N) is 3. The number of rotatable bonds is 3. The molecule has 1 amide bonds. The number of piperidine rings is 1. The van der Waals surface area contributed by atoms with Crippen molar-refractivity contribution in [3.63, 3.8) is 0 Å². The SMILES string of the molecule is O=C(c1csc2nc(-c3ccc(C(F)(F)F)cc3)cn12)N1CCC[C@H](CO)C1. The molecule has 1 aromatic carbocycles. The molecule has 0 bridgehead atoms. The number of fused-ring (bicyclic) bond motifs is 1. The lowest BCUT2D eigenvalue weighted by Gasteiger charge is -2.31. The van der Waals surface area contributed by atoms with E-state index in [1.807, 2.05) is 0 Å². The molecule has 0 spiro atoms. The molecule has 1 aliphatic heterocycles. The average Bonchev–Trinajstić information content (AvgIpc) is 3.28. The van der Waals surface area contributed by atoms with Gasteiger partial charge in [0.2, 0.25) is 0 Å². The van der Waals surface area contributed by atoms with E-state index in [0.29, 0.717) is 35.0 Å². The maximum Gasteiger partial charge on any atom is 0.416 e. The summed E-state index contributed by atoms with van der Waals surface area (Å²) in [5, 5.41) is 11.1. The van der Waals surface area contributed by atoms with E-state index in [4.69, 9.17) is 0 Å². The number of hydrogen-bond acceptors (Lipinski definition) is 4. The van der Waals surface area contributed by atoms with Crippen molar-refractivity contribution in [1.82, 2.24) is 14.3 Å². The lowest BCUT2D eigenvalue weighted by atomic mass is 9.99. The number of imidazole rings is 1. The Labute approximate surface area is 163 Å². The molecule has 0 saturated carbocycles. The van der Waals surface area contributed by atoms with Crippen LogP contribution in [0.15, 0.2) is 35.8 Å². The van der Waals surface area contributed by atoms with Crippen molar-refractivity contribution < 1.29 is 23.1 Å². The molecule has 0 unspecified atom stereocenters. The summed E-state index contributed by atoms with van der Waals surface area (Å²) < 4.78 is 39.9. The zero-order valence-electron chi connectivity index (χ0n) is 14.8. The van der Waals surface area contributed by atoms with Gasteiger partial charge in [-0.05, 0) is 30.9 Å². The number of aliphatic hydroxyl groups is 1. The molecule has 148 valence electrons. The molecule has 1 N–H and O–H groups in total. The van der Waals surface area contributed by atoms with Crippen LogP contribution >= 0.6 is 11.3 Å². The summed E-state index contributed by atoms with van der Waals surface area (Å²) in [4.78, 5) is 19.7. The highest BCUT2D eigenvalue weighted by Gasteiger charge is 2.30. The Bertz CT molecular complexity index is 994. The number of aromatic nitrogens is 2. The highest BCUT2D eigenvalue weighted by Crippen LogP contribution is 2.31. The smallest absolute Gasteiger partial charge is 0.396 e. The van der Waals surface area contributed by atoms with Crippen LogP contribution in [-0.2, 0) is 6.18 Å². The Morgan fingerprint density at radius 3 is 2.71 bits per heavy atom.